The van der Waals surface area contributed by atoms with Crippen molar-refractivity contribution in [2.75, 3.05) is 21.3 Å². The Bertz CT molecular complexity index is 742. The zero-order valence-electron chi connectivity index (χ0n) is 15.8. The molecule has 0 aliphatic carbocycles. The number of aryl methyl sites for hydroxylation is 3. The highest BCUT2D eigenvalue weighted by atomic mass is 32.1. The smallest absolute Gasteiger partial charge is 0.223 e. The summed E-state index contributed by atoms with van der Waals surface area (Å²) in [5, 5.41) is 1.03. The second-order valence-corrected chi connectivity index (χ2v) is 7.45. The van der Waals surface area contributed by atoms with Gasteiger partial charge in [0.15, 0.2) is 11.5 Å². The fourth-order valence-corrected chi connectivity index (χ4v) is 3.70. The number of ether oxygens (including phenoxy) is 2. The fourth-order valence-electron chi connectivity index (χ4n) is 2.80. The third-order valence-corrected chi connectivity index (χ3v) is 5.29. The summed E-state index contributed by atoms with van der Waals surface area (Å²) in [6.07, 6.45) is 1.10. The molecule has 25 heavy (non-hydrogen) atoms. The molecule has 0 unspecified atom stereocenters. The molecule has 0 bridgehead atoms. The van der Waals surface area contributed by atoms with Crippen LogP contribution in [0.15, 0.2) is 18.2 Å². The van der Waals surface area contributed by atoms with E-state index in [4.69, 9.17) is 9.47 Å². The van der Waals surface area contributed by atoms with E-state index in [2.05, 4.69) is 11.9 Å². The number of rotatable bonds is 7. The van der Waals surface area contributed by atoms with E-state index < -0.39 is 0 Å². The topological polar surface area (TPSA) is 51.7 Å². The van der Waals surface area contributed by atoms with E-state index in [-0.39, 0.29) is 11.9 Å². The quantitative estimate of drug-likeness (QED) is 0.749. The van der Waals surface area contributed by atoms with Gasteiger partial charge in [0, 0.05) is 18.3 Å². The highest BCUT2D eigenvalue weighted by Crippen LogP contribution is 2.29. The van der Waals surface area contributed by atoms with Gasteiger partial charge in [-0.05, 0) is 44.9 Å². The molecule has 1 atom stereocenters. The summed E-state index contributed by atoms with van der Waals surface area (Å²) < 4.78 is 10.6. The molecule has 2 aromatic rings. The molecule has 0 N–H and O–H groups in total. The van der Waals surface area contributed by atoms with Crippen molar-refractivity contribution in [3.8, 4) is 11.5 Å². The lowest BCUT2D eigenvalue weighted by Crippen LogP contribution is -2.30. The zero-order valence-corrected chi connectivity index (χ0v) is 16.6. The molecular weight excluding hydrogens is 336 g/mol. The average molecular weight is 362 g/mol. The van der Waals surface area contributed by atoms with Gasteiger partial charge in [0.1, 0.15) is 0 Å². The molecule has 0 spiro atoms. The molecule has 5 nitrogen and oxygen atoms in total. The lowest BCUT2D eigenvalue weighted by molar-refractivity contribution is -0.131. The Kier molecular flexibility index (Phi) is 6.42. The van der Waals surface area contributed by atoms with Crippen LogP contribution in [0.5, 0.6) is 11.5 Å². The number of hydrogen-bond donors (Lipinski definition) is 0. The number of amides is 1. The summed E-state index contributed by atoms with van der Waals surface area (Å²) in [5.41, 5.74) is 2.04. The van der Waals surface area contributed by atoms with Gasteiger partial charge in [-0.25, -0.2) is 4.98 Å². The normalized spacial score (nSPS) is 11.9. The third-order valence-electron chi connectivity index (χ3n) is 4.38. The van der Waals surface area contributed by atoms with Crippen LogP contribution in [-0.4, -0.2) is 37.1 Å². The van der Waals surface area contributed by atoms with E-state index in [1.807, 2.05) is 39.1 Å². The van der Waals surface area contributed by atoms with Gasteiger partial charge >= 0.3 is 0 Å². The van der Waals surface area contributed by atoms with Gasteiger partial charge in [-0.3, -0.25) is 4.79 Å². The molecule has 1 aromatic carbocycles. The highest BCUT2D eigenvalue weighted by molar-refractivity contribution is 7.11. The van der Waals surface area contributed by atoms with Crippen LogP contribution >= 0.6 is 11.3 Å². The number of carbonyl (C=O) groups excluding carboxylic acids is 1. The molecule has 1 heterocycles. The van der Waals surface area contributed by atoms with E-state index in [1.165, 1.54) is 4.88 Å². The molecule has 0 aliphatic heterocycles. The van der Waals surface area contributed by atoms with Gasteiger partial charge in [-0.2, -0.15) is 0 Å². The second-order valence-electron chi connectivity index (χ2n) is 6.04. The number of nitrogens with zero attached hydrogens (tertiary/aromatic N) is 2. The summed E-state index contributed by atoms with van der Waals surface area (Å²) >= 11 is 1.67. The monoisotopic (exact) mass is 362 g/mol. The molecule has 0 fully saturated rings. The van der Waals surface area contributed by atoms with Crippen LogP contribution in [0.3, 0.4) is 0 Å². The lowest BCUT2D eigenvalue weighted by Gasteiger charge is -2.24. The zero-order chi connectivity index (χ0) is 18.6. The van der Waals surface area contributed by atoms with E-state index in [1.54, 1.807) is 30.5 Å². The predicted octanol–water partition coefficient (Wildman–Crippen LogP) is 3.93. The van der Waals surface area contributed by atoms with Crippen molar-refractivity contribution < 1.29 is 14.3 Å². The van der Waals surface area contributed by atoms with Crippen molar-refractivity contribution >= 4 is 17.2 Å². The van der Waals surface area contributed by atoms with Gasteiger partial charge in [-0.15, -0.1) is 11.3 Å². The summed E-state index contributed by atoms with van der Waals surface area (Å²) in [5.74, 6) is 1.48. The maximum absolute atomic E-state index is 12.6. The minimum atomic E-state index is -0.0251. The molecule has 1 amide bonds. The van der Waals surface area contributed by atoms with Crippen molar-refractivity contribution in [3.05, 3.63) is 39.3 Å². The minimum absolute atomic E-state index is 0.0251. The molecule has 0 aliphatic rings. The Morgan fingerprint density at radius 1 is 1.24 bits per heavy atom. The van der Waals surface area contributed by atoms with Gasteiger partial charge in [0.05, 0.1) is 31.0 Å². The molecule has 0 saturated heterocycles. The Morgan fingerprint density at radius 2 is 1.92 bits per heavy atom. The number of hydrogen-bond acceptors (Lipinski definition) is 5. The van der Waals surface area contributed by atoms with E-state index in [0.29, 0.717) is 24.3 Å². The molecule has 6 heteroatoms. The third kappa shape index (κ3) is 4.51. The largest absolute Gasteiger partial charge is 0.493 e. The number of aromatic nitrogens is 1. The predicted molar refractivity (Wildman–Crippen MR) is 101 cm³/mol. The maximum atomic E-state index is 12.6. The summed E-state index contributed by atoms with van der Waals surface area (Å²) in [7, 11) is 5.07. The van der Waals surface area contributed by atoms with Crippen molar-refractivity contribution in [3.63, 3.8) is 0 Å². The minimum Gasteiger partial charge on any atom is -0.493 e. The first-order chi connectivity index (χ1) is 11.9. The number of carbonyl (C=O) groups is 1. The number of methoxy groups -OCH3 is 2. The van der Waals surface area contributed by atoms with Crippen LogP contribution in [0, 0.1) is 13.8 Å². The Balaban J connectivity index is 2.01. The number of thiazole rings is 1. The Hall–Kier alpha value is -2.08. The van der Waals surface area contributed by atoms with Gasteiger partial charge in [0.2, 0.25) is 5.91 Å². The first kappa shape index (κ1) is 19.2. The Labute approximate surface area is 153 Å². The summed E-state index contributed by atoms with van der Waals surface area (Å²) in [6, 6.07) is 5.73. The SMILES string of the molecule is COc1ccc(CCC(=O)N(C)[C@@H](C)c2nc(C)sc2C)cc1OC. The first-order valence-corrected chi connectivity index (χ1v) is 9.09. The highest BCUT2D eigenvalue weighted by Gasteiger charge is 2.21. The van der Waals surface area contributed by atoms with Crippen molar-refractivity contribution in [1.29, 1.82) is 0 Å². The van der Waals surface area contributed by atoms with Crippen LogP contribution in [0.25, 0.3) is 0 Å². The molecule has 1 aromatic heterocycles. The maximum Gasteiger partial charge on any atom is 0.223 e. The van der Waals surface area contributed by atoms with Crippen LogP contribution in [-0.2, 0) is 11.2 Å². The molecule has 0 radical (unpaired) electrons. The molecule has 0 saturated carbocycles. The van der Waals surface area contributed by atoms with Gasteiger partial charge < -0.3 is 14.4 Å². The van der Waals surface area contributed by atoms with Crippen LogP contribution in [0.2, 0.25) is 0 Å². The molecular formula is C19H26N2O3S. The fraction of sp³-hybridized carbons (Fsp3) is 0.474. The standard InChI is InChI=1S/C19H26N2O3S/c1-12(19-13(2)25-14(3)20-19)21(4)18(22)10-8-15-7-9-16(23-5)17(11-15)24-6/h7,9,11-12H,8,10H2,1-6H3/t12-/m0/s1. The van der Waals surface area contributed by atoms with Gasteiger partial charge in [0.25, 0.3) is 0 Å². The van der Waals surface area contributed by atoms with E-state index >= 15 is 0 Å². The average Bonchev–Trinajstić information content (AvgIpc) is 2.96. The summed E-state index contributed by atoms with van der Waals surface area (Å²) in [4.78, 5) is 20.1. The second kappa shape index (κ2) is 8.34. The van der Waals surface area contributed by atoms with Crippen LogP contribution < -0.4 is 9.47 Å². The molecule has 2 rings (SSSR count). The van der Waals surface area contributed by atoms with E-state index in [9.17, 15) is 4.79 Å². The molecule has 136 valence electrons. The van der Waals surface area contributed by atoms with Crippen molar-refractivity contribution in [2.24, 2.45) is 0 Å². The van der Waals surface area contributed by atoms with Crippen molar-refractivity contribution in [1.82, 2.24) is 9.88 Å². The van der Waals surface area contributed by atoms with E-state index in [0.717, 1.165) is 16.3 Å². The van der Waals surface area contributed by atoms with Crippen LogP contribution in [0.1, 0.15) is 40.5 Å². The Morgan fingerprint density at radius 3 is 2.48 bits per heavy atom. The van der Waals surface area contributed by atoms with Crippen molar-refractivity contribution in [2.45, 2.75) is 39.7 Å². The first-order valence-electron chi connectivity index (χ1n) is 8.27. The lowest BCUT2D eigenvalue weighted by atomic mass is 10.1. The van der Waals surface area contributed by atoms with Gasteiger partial charge in [-0.1, -0.05) is 6.07 Å². The number of benzene rings is 1. The summed E-state index contributed by atoms with van der Waals surface area (Å²) in [6.45, 7) is 6.07. The van der Waals surface area contributed by atoms with Crippen LogP contribution in [0.4, 0.5) is 0 Å².